The van der Waals surface area contributed by atoms with Crippen molar-refractivity contribution in [2.45, 2.75) is 64.5 Å². The molecule has 0 unspecified atom stereocenters. The van der Waals surface area contributed by atoms with Crippen molar-refractivity contribution in [2.75, 3.05) is 34.0 Å². The minimum Gasteiger partial charge on any atom is -0.493 e. The van der Waals surface area contributed by atoms with Crippen LogP contribution in [0.3, 0.4) is 0 Å². The van der Waals surface area contributed by atoms with Crippen LogP contribution in [-0.2, 0) is 21.4 Å². The number of aliphatic hydroxyl groups is 1. The fraction of sp³-hybridized carbons (Fsp3) is 0.531. The molecule has 8 nitrogen and oxygen atoms in total. The summed E-state index contributed by atoms with van der Waals surface area (Å²) in [5.74, 6) is 1.84. The number of nitrogens with two attached hydrogens (primary N) is 1. The highest BCUT2D eigenvalue weighted by molar-refractivity contribution is 5.94. The molecule has 3 aromatic rings. The molecule has 0 radical (unpaired) electrons. The zero-order valence-electron chi connectivity index (χ0n) is 24.8. The molecule has 0 saturated carbocycles. The van der Waals surface area contributed by atoms with Gasteiger partial charge in [-0.3, -0.25) is 4.79 Å². The molecule has 0 aliphatic heterocycles. The van der Waals surface area contributed by atoms with Crippen molar-refractivity contribution in [3.8, 4) is 11.5 Å². The van der Waals surface area contributed by atoms with Crippen LogP contribution in [0.25, 0.3) is 10.9 Å². The molecule has 40 heavy (non-hydrogen) atoms. The number of aromatic amines is 1. The minimum absolute atomic E-state index is 0.0958. The van der Waals surface area contributed by atoms with Gasteiger partial charge in [0.25, 0.3) is 0 Å². The van der Waals surface area contributed by atoms with Gasteiger partial charge in [-0.25, -0.2) is 0 Å². The lowest BCUT2D eigenvalue weighted by Crippen LogP contribution is -2.48. The first-order chi connectivity index (χ1) is 19.1. The van der Waals surface area contributed by atoms with Gasteiger partial charge < -0.3 is 35.4 Å². The number of aliphatic hydroxyl groups excluding tert-OH is 1. The van der Waals surface area contributed by atoms with E-state index in [9.17, 15) is 9.90 Å². The van der Waals surface area contributed by atoms with Crippen LogP contribution < -0.4 is 20.5 Å². The lowest BCUT2D eigenvalue weighted by atomic mass is 9.82. The van der Waals surface area contributed by atoms with Gasteiger partial charge in [0.2, 0.25) is 5.91 Å². The van der Waals surface area contributed by atoms with Gasteiger partial charge in [0.1, 0.15) is 0 Å². The van der Waals surface area contributed by atoms with E-state index >= 15 is 0 Å². The summed E-state index contributed by atoms with van der Waals surface area (Å²) in [5, 5.41) is 14.8. The Morgan fingerprint density at radius 2 is 1.85 bits per heavy atom. The monoisotopic (exact) mass is 553 g/mol. The fourth-order valence-electron chi connectivity index (χ4n) is 5.03. The number of benzene rings is 2. The Hall–Kier alpha value is -3.07. The van der Waals surface area contributed by atoms with Crippen LogP contribution in [0.2, 0.25) is 0 Å². The molecule has 2 aromatic carbocycles. The number of rotatable bonds is 16. The Morgan fingerprint density at radius 3 is 2.55 bits per heavy atom. The summed E-state index contributed by atoms with van der Waals surface area (Å²) in [6.07, 6.45) is 3.22. The van der Waals surface area contributed by atoms with E-state index in [0.717, 1.165) is 34.9 Å². The third-order valence-electron chi connectivity index (χ3n) is 7.79. The minimum atomic E-state index is -0.862. The number of carbonyl (C=O) groups is 1. The molecule has 0 spiro atoms. The standard InChI is InChI=1S/C32H47N3O5/c1-21(2)23(16-22-12-13-29(39-6)30(17-22)40-15-9-14-38-5)18-26(33)28(36)20-35-31(37)32(3,4)25-19-34-27-11-8-7-10-24(25)27/h7-8,10-13,17,19,21,23,26,28,34,36H,9,14-16,18,20,33H2,1-6H3,(H,35,37)/t23-,26-,28-/m0/s1. The molecule has 220 valence electrons. The van der Waals surface area contributed by atoms with Crippen LogP contribution in [0.1, 0.15) is 51.7 Å². The lowest BCUT2D eigenvalue weighted by molar-refractivity contribution is -0.126. The first-order valence-corrected chi connectivity index (χ1v) is 14.2. The fourth-order valence-corrected chi connectivity index (χ4v) is 5.03. The van der Waals surface area contributed by atoms with Crippen molar-refractivity contribution in [1.82, 2.24) is 10.3 Å². The first-order valence-electron chi connectivity index (χ1n) is 14.2. The van der Waals surface area contributed by atoms with Crippen LogP contribution in [-0.4, -0.2) is 62.1 Å². The summed E-state index contributed by atoms with van der Waals surface area (Å²) in [7, 11) is 3.31. The smallest absolute Gasteiger partial charge is 0.230 e. The second-order valence-electron chi connectivity index (χ2n) is 11.4. The SMILES string of the molecule is COCCCOc1cc(C[C@@H](C[C@H](N)[C@@H](O)CNC(=O)C(C)(C)c2c[nH]c3ccccc23)C(C)C)ccc1OC. The topological polar surface area (TPSA) is 119 Å². The molecule has 0 aliphatic rings. The van der Waals surface area contributed by atoms with Crippen LogP contribution >= 0.6 is 0 Å². The molecule has 1 amide bonds. The highest BCUT2D eigenvalue weighted by Crippen LogP contribution is 2.32. The van der Waals surface area contributed by atoms with Gasteiger partial charge in [0.15, 0.2) is 11.5 Å². The predicted molar refractivity (Wildman–Crippen MR) is 160 cm³/mol. The Bertz CT molecular complexity index is 1220. The molecule has 0 bridgehead atoms. The Labute approximate surface area is 238 Å². The predicted octanol–water partition coefficient (Wildman–Crippen LogP) is 4.58. The number of nitrogens with one attached hydrogen (secondary N) is 2. The number of ether oxygens (including phenoxy) is 3. The van der Waals surface area contributed by atoms with Crippen LogP contribution in [0.5, 0.6) is 11.5 Å². The van der Waals surface area contributed by atoms with E-state index in [4.69, 9.17) is 19.9 Å². The van der Waals surface area contributed by atoms with Crippen molar-refractivity contribution < 1.29 is 24.1 Å². The average Bonchev–Trinajstić information content (AvgIpc) is 3.38. The Balaban J connectivity index is 1.59. The van der Waals surface area contributed by atoms with E-state index in [-0.39, 0.29) is 18.4 Å². The molecule has 1 aromatic heterocycles. The highest BCUT2D eigenvalue weighted by atomic mass is 16.5. The van der Waals surface area contributed by atoms with E-state index in [1.165, 1.54) is 0 Å². The number of carbonyl (C=O) groups excluding carboxylic acids is 1. The molecule has 0 fully saturated rings. The van der Waals surface area contributed by atoms with E-state index in [1.807, 2.05) is 62.5 Å². The number of fused-ring (bicyclic) bond motifs is 1. The molecule has 3 rings (SSSR count). The summed E-state index contributed by atoms with van der Waals surface area (Å²) >= 11 is 0. The van der Waals surface area contributed by atoms with E-state index in [1.54, 1.807) is 14.2 Å². The van der Waals surface area contributed by atoms with E-state index in [0.29, 0.717) is 37.1 Å². The van der Waals surface area contributed by atoms with Gasteiger partial charge >= 0.3 is 0 Å². The van der Waals surface area contributed by atoms with Gasteiger partial charge in [-0.05, 0) is 67.9 Å². The molecule has 8 heteroatoms. The highest BCUT2D eigenvalue weighted by Gasteiger charge is 2.33. The van der Waals surface area contributed by atoms with Crippen molar-refractivity contribution in [2.24, 2.45) is 17.6 Å². The van der Waals surface area contributed by atoms with Crippen molar-refractivity contribution in [3.05, 3.63) is 59.8 Å². The zero-order chi connectivity index (χ0) is 29.3. The second-order valence-corrected chi connectivity index (χ2v) is 11.4. The molecular formula is C32H47N3O5. The van der Waals surface area contributed by atoms with Gasteiger partial charge in [-0.15, -0.1) is 0 Å². The summed E-state index contributed by atoms with van der Waals surface area (Å²) in [6, 6.07) is 13.4. The molecule has 5 N–H and O–H groups in total. The number of para-hydroxylation sites is 1. The molecule has 0 aliphatic carbocycles. The molecule has 1 heterocycles. The van der Waals surface area contributed by atoms with Crippen molar-refractivity contribution in [1.29, 1.82) is 0 Å². The lowest BCUT2D eigenvalue weighted by Gasteiger charge is -2.29. The Morgan fingerprint density at radius 1 is 1.10 bits per heavy atom. The van der Waals surface area contributed by atoms with Crippen LogP contribution in [0, 0.1) is 11.8 Å². The summed E-state index contributed by atoms with van der Waals surface area (Å²) < 4.78 is 16.5. The third-order valence-corrected chi connectivity index (χ3v) is 7.79. The van der Waals surface area contributed by atoms with Gasteiger partial charge in [0, 0.05) is 49.8 Å². The quantitative estimate of drug-likeness (QED) is 0.193. The summed E-state index contributed by atoms with van der Waals surface area (Å²) in [5.41, 5.74) is 8.73. The second kappa shape index (κ2) is 14.5. The maximum Gasteiger partial charge on any atom is 0.230 e. The maximum absolute atomic E-state index is 13.2. The molecule has 0 saturated heterocycles. The van der Waals surface area contributed by atoms with Gasteiger partial charge in [-0.1, -0.05) is 38.1 Å². The number of hydrogen-bond acceptors (Lipinski definition) is 6. The summed E-state index contributed by atoms with van der Waals surface area (Å²) in [4.78, 5) is 16.4. The number of aromatic nitrogens is 1. The third kappa shape index (κ3) is 7.99. The van der Waals surface area contributed by atoms with Gasteiger partial charge in [-0.2, -0.15) is 0 Å². The van der Waals surface area contributed by atoms with Gasteiger partial charge in [0.05, 0.1) is 25.2 Å². The molecular weight excluding hydrogens is 506 g/mol. The first kappa shape index (κ1) is 31.5. The average molecular weight is 554 g/mol. The van der Waals surface area contributed by atoms with E-state index < -0.39 is 17.6 Å². The maximum atomic E-state index is 13.2. The Kier molecular flexibility index (Phi) is 11.4. The number of amides is 1. The zero-order valence-corrected chi connectivity index (χ0v) is 24.8. The number of hydrogen-bond donors (Lipinski definition) is 4. The van der Waals surface area contributed by atoms with Crippen LogP contribution in [0.4, 0.5) is 0 Å². The number of H-pyrrole nitrogens is 1. The van der Waals surface area contributed by atoms with Crippen LogP contribution in [0.15, 0.2) is 48.7 Å². The van der Waals surface area contributed by atoms with Crippen molar-refractivity contribution in [3.63, 3.8) is 0 Å². The van der Waals surface area contributed by atoms with E-state index in [2.05, 4.69) is 24.1 Å². The van der Waals surface area contributed by atoms with Crippen molar-refractivity contribution >= 4 is 16.8 Å². The molecule has 3 atom stereocenters. The normalized spacial score (nSPS) is 14.2. The summed E-state index contributed by atoms with van der Waals surface area (Å²) in [6.45, 7) is 9.40. The largest absolute Gasteiger partial charge is 0.493 e. The number of methoxy groups -OCH3 is 2.